The third-order valence-electron chi connectivity index (χ3n) is 1.94. The van der Waals surface area contributed by atoms with Crippen LogP contribution in [0.5, 0.6) is 5.75 Å². The summed E-state index contributed by atoms with van der Waals surface area (Å²) in [4.78, 5) is 0. The van der Waals surface area contributed by atoms with Gasteiger partial charge in [-0.3, -0.25) is 0 Å². The highest BCUT2D eigenvalue weighted by Gasteiger charge is 2.19. The third-order valence-corrected chi connectivity index (χ3v) is 1.94. The number of nitrogens with two attached hydrogens (primary N) is 1. The van der Waals surface area contributed by atoms with Crippen molar-refractivity contribution in [2.75, 3.05) is 6.54 Å². The van der Waals surface area contributed by atoms with Gasteiger partial charge in [0, 0.05) is 6.54 Å². The standard InChI is InChI=1S/C11H13FN2O/c1-11(2,7-14)15-10-4-3-8(6-13)5-9(10)12/h3-5H,7,14H2,1-2H3. The Morgan fingerprint density at radius 2 is 2.20 bits per heavy atom. The van der Waals surface area contributed by atoms with E-state index in [0.717, 1.165) is 6.07 Å². The molecule has 0 spiro atoms. The Hall–Kier alpha value is -1.60. The van der Waals surface area contributed by atoms with Gasteiger partial charge in [0.25, 0.3) is 0 Å². The van der Waals surface area contributed by atoms with Gasteiger partial charge in [-0.25, -0.2) is 4.39 Å². The van der Waals surface area contributed by atoms with Gasteiger partial charge < -0.3 is 10.5 Å². The lowest BCUT2D eigenvalue weighted by Gasteiger charge is -2.24. The zero-order valence-corrected chi connectivity index (χ0v) is 8.75. The first-order chi connectivity index (χ1) is 6.98. The first-order valence-corrected chi connectivity index (χ1v) is 4.57. The number of hydrogen-bond acceptors (Lipinski definition) is 3. The van der Waals surface area contributed by atoms with Crippen LogP contribution in [-0.4, -0.2) is 12.1 Å². The second-order valence-corrected chi connectivity index (χ2v) is 3.82. The topological polar surface area (TPSA) is 59.0 Å². The minimum atomic E-state index is -0.616. The van der Waals surface area contributed by atoms with Gasteiger partial charge in [0.1, 0.15) is 5.60 Å². The summed E-state index contributed by atoms with van der Waals surface area (Å²) < 4.78 is 18.8. The van der Waals surface area contributed by atoms with E-state index in [1.165, 1.54) is 12.1 Å². The molecule has 0 aromatic heterocycles. The molecule has 0 fully saturated rings. The SMILES string of the molecule is CC(C)(CN)Oc1ccc(C#N)cc1F. The molecular weight excluding hydrogens is 195 g/mol. The smallest absolute Gasteiger partial charge is 0.166 e. The zero-order valence-electron chi connectivity index (χ0n) is 8.75. The van der Waals surface area contributed by atoms with Crippen molar-refractivity contribution in [1.82, 2.24) is 0 Å². The van der Waals surface area contributed by atoms with Crippen LogP contribution in [0.25, 0.3) is 0 Å². The maximum Gasteiger partial charge on any atom is 0.166 e. The molecule has 80 valence electrons. The highest BCUT2D eigenvalue weighted by molar-refractivity contribution is 5.36. The first kappa shape index (κ1) is 11.5. The zero-order chi connectivity index (χ0) is 11.5. The van der Waals surface area contributed by atoms with E-state index < -0.39 is 11.4 Å². The first-order valence-electron chi connectivity index (χ1n) is 4.57. The monoisotopic (exact) mass is 208 g/mol. The molecule has 0 heterocycles. The van der Waals surface area contributed by atoms with Gasteiger partial charge in [-0.05, 0) is 32.0 Å². The minimum Gasteiger partial charge on any atom is -0.483 e. The van der Waals surface area contributed by atoms with E-state index in [1.807, 2.05) is 6.07 Å². The molecule has 0 amide bonds. The van der Waals surface area contributed by atoms with Gasteiger partial charge in [0.05, 0.1) is 11.6 Å². The maximum absolute atomic E-state index is 13.4. The van der Waals surface area contributed by atoms with Gasteiger partial charge >= 0.3 is 0 Å². The number of benzene rings is 1. The molecule has 0 saturated carbocycles. The average molecular weight is 208 g/mol. The van der Waals surface area contributed by atoms with Crippen LogP contribution in [-0.2, 0) is 0 Å². The number of ether oxygens (including phenoxy) is 1. The van der Waals surface area contributed by atoms with Crippen LogP contribution in [0.3, 0.4) is 0 Å². The lowest BCUT2D eigenvalue weighted by atomic mass is 10.1. The molecule has 4 heteroatoms. The Bertz CT molecular complexity index is 396. The summed E-state index contributed by atoms with van der Waals surface area (Å²) in [6.07, 6.45) is 0. The highest BCUT2D eigenvalue weighted by atomic mass is 19.1. The number of nitrogens with zero attached hydrogens (tertiary/aromatic N) is 1. The Labute approximate surface area is 88.3 Å². The molecule has 0 aliphatic rings. The summed E-state index contributed by atoms with van der Waals surface area (Å²) in [5.41, 5.74) is 5.11. The predicted octanol–water partition coefficient (Wildman–Crippen LogP) is 1.81. The lowest BCUT2D eigenvalue weighted by molar-refractivity contribution is 0.112. The Morgan fingerprint density at radius 3 is 2.67 bits per heavy atom. The summed E-state index contributed by atoms with van der Waals surface area (Å²) in [5, 5.41) is 8.55. The molecule has 0 aliphatic heterocycles. The van der Waals surface area contributed by atoms with Crippen molar-refractivity contribution in [3.63, 3.8) is 0 Å². The van der Waals surface area contributed by atoms with E-state index in [9.17, 15) is 4.39 Å². The molecule has 0 atom stereocenters. The fourth-order valence-electron chi connectivity index (χ4n) is 0.992. The molecule has 0 radical (unpaired) electrons. The summed E-state index contributed by atoms with van der Waals surface area (Å²) in [6.45, 7) is 3.82. The van der Waals surface area contributed by atoms with Gasteiger partial charge in [-0.15, -0.1) is 0 Å². The maximum atomic E-state index is 13.4. The van der Waals surface area contributed by atoms with Crippen molar-refractivity contribution in [2.24, 2.45) is 5.73 Å². The number of rotatable bonds is 3. The average Bonchev–Trinajstić information content (AvgIpc) is 2.21. The van der Waals surface area contributed by atoms with Crippen molar-refractivity contribution in [3.05, 3.63) is 29.6 Å². The van der Waals surface area contributed by atoms with Crippen LogP contribution < -0.4 is 10.5 Å². The van der Waals surface area contributed by atoms with Crippen molar-refractivity contribution >= 4 is 0 Å². The summed E-state index contributed by atoms with van der Waals surface area (Å²) in [5.74, 6) is -0.431. The molecule has 3 nitrogen and oxygen atoms in total. The van der Waals surface area contributed by atoms with Gasteiger partial charge in [0.15, 0.2) is 11.6 Å². The second kappa shape index (κ2) is 4.28. The largest absolute Gasteiger partial charge is 0.483 e. The molecule has 15 heavy (non-hydrogen) atoms. The molecule has 0 bridgehead atoms. The Kier molecular flexibility index (Phi) is 3.28. The van der Waals surface area contributed by atoms with Crippen LogP contribution in [0.2, 0.25) is 0 Å². The van der Waals surface area contributed by atoms with Crippen molar-refractivity contribution in [3.8, 4) is 11.8 Å². The summed E-state index contributed by atoms with van der Waals surface area (Å²) in [7, 11) is 0. The molecular formula is C11H13FN2O. The van der Waals surface area contributed by atoms with Crippen LogP contribution >= 0.6 is 0 Å². The second-order valence-electron chi connectivity index (χ2n) is 3.82. The van der Waals surface area contributed by atoms with Gasteiger partial charge in [-0.1, -0.05) is 0 Å². The Morgan fingerprint density at radius 1 is 1.53 bits per heavy atom. The van der Waals surface area contributed by atoms with Crippen LogP contribution in [0.1, 0.15) is 19.4 Å². The van der Waals surface area contributed by atoms with Crippen molar-refractivity contribution in [2.45, 2.75) is 19.4 Å². The lowest BCUT2D eigenvalue weighted by Crippen LogP contribution is -2.37. The fourth-order valence-corrected chi connectivity index (χ4v) is 0.992. The quantitative estimate of drug-likeness (QED) is 0.824. The van der Waals surface area contributed by atoms with Crippen LogP contribution in [0.15, 0.2) is 18.2 Å². The Balaban J connectivity index is 2.93. The molecule has 1 aromatic carbocycles. The third kappa shape index (κ3) is 2.93. The molecule has 0 unspecified atom stereocenters. The minimum absolute atomic E-state index is 0.115. The summed E-state index contributed by atoms with van der Waals surface area (Å²) in [6, 6.07) is 5.93. The van der Waals surface area contributed by atoms with E-state index in [1.54, 1.807) is 13.8 Å². The number of nitriles is 1. The van der Waals surface area contributed by atoms with Crippen LogP contribution in [0.4, 0.5) is 4.39 Å². The van der Waals surface area contributed by atoms with Gasteiger partial charge in [0.2, 0.25) is 0 Å². The molecule has 1 aromatic rings. The predicted molar refractivity (Wildman–Crippen MR) is 54.9 cm³/mol. The fraction of sp³-hybridized carbons (Fsp3) is 0.364. The molecule has 0 aliphatic carbocycles. The van der Waals surface area contributed by atoms with E-state index >= 15 is 0 Å². The van der Waals surface area contributed by atoms with E-state index in [2.05, 4.69) is 0 Å². The number of halogens is 1. The summed E-state index contributed by atoms with van der Waals surface area (Å²) >= 11 is 0. The normalized spacial score (nSPS) is 10.9. The number of hydrogen-bond donors (Lipinski definition) is 1. The van der Waals surface area contributed by atoms with Crippen LogP contribution in [0, 0.1) is 17.1 Å². The van der Waals surface area contributed by atoms with Crippen molar-refractivity contribution in [1.29, 1.82) is 5.26 Å². The molecule has 0 saturated heterocycles. The molecule has 2 N–H and O–H groups in total. The van der Waals surface area contributed by atoms with E-state index in [-0.39, 0.29) is 17.9 Å². The molecule has 1 rings (SSSR count). The van der Waals surface area contributed by atoms with Crippen molar-refractivity contribution < 1.29 is 9.13 Å². The van der Waals surface area contributed by atoms with E-state index in [4.69, 9.17) is 15.7 Å². The highest BCUT2D eigenvalue weighted by Crippen LogP contribution is 2.22. The van der Waals surface area contributed by atoms with E-state index in [0.29, 0.717) is 0 Å². The van der Waals surface area contributed by atoms with Gasteiger partial charge in [-0.2, -0.15) is 5.26 Å².